The van der Waals surface area contributed by atoms with Crippen LogP contribution in [0.25, 0.3) is 0 Å². The first-order valence-corrected chi connectivity index (χ1v) is 8.46. The van der Waals surface area contributed by atoms with Crippen molar-refractivity contribution < 1.29 is 19.4 Å². The Morgan fingerprint density at radius 3 is 2.88 bits per heavy atom. The van der Waals surface area contributed by atoms with E-state index in [9.17, 15) is 14.7 Å². The van der Waals surface area contributed by atoms with Gasteiger partial charge in [0.2, 0.25) is 0 Å². The van der Waals surface area contributed by atoms with E-state index in [2.05, 4.69) is 5.32 Å². The highest BCUT2D eigenvalue weighted by molar-refractivity contribution is 5.91. The SMILES string of the molecule is CCc1ccc(NC(=O)N2C[C@@H]3CCC[C@@]3(C(=O)O)C2)cc1OC. The van der Waals surface area contributed by atoms with Crippen molar-refractivity contribution in [2.75, 3.05) is 25.5 Å². The van der Waals surface area contributed by atoms with Crippen LogP contribution in [0.15, 0.2) is 18.2 Å². The first-order valence-electron chi connectivity index (χ1n) is 8.46. The number of fused-ring (bicyclic) bond motifs is 1. The third kappa shape index (κ3) is 2.70. The molecule has 2 aliphatic rings. The smallest absolute Gasteiger partial charge is 0.321 e. The molecular weight excluding hydrogens is 308 g/mol. The van der Waals surface area contributed by atoms with Crippen LogP contribution in [0.4, 0.5) is 10.5 Å². The highest BCUT2D eigenvalue weighted by atomic mass is 16.5. The Balaban J connectivity index is 1.71. The van der Waals surface area contributed by atoms with E-state index in [1.54, 1.807) is 18.1 Å². The molecule has 130 valence electrons. The largest absolute Gasteiger partial charge is 0.496 e. The number of hydrogen-bond donors (Lipinski definition) is 2. The van der Waals surface area contributed by atoms with Crippen LogP contribution < -0.4 is 10.1 Å². The second-order valence-corrected chi connectivity index (χ2v) is 6.74. The summed E-state index contributed by atoms with van der Waals surface area (Å²) < 4.78 is 5.35. The van der Waals surface area contributed by atoms with Crippen LogP contribution in [0.2, 0.25) is 0 Å². The van der Waals surface area contributed by atoms with Gasteiger partial charge in [0.05, 0.1) is 12.5 Å². The molecule has 0 radical (unpaired) electrons. The highest BCUT2D eigenvalue weighted by Gasteiger charge is 2.55. The number of rotatable bonds is 4. The quantitative estimate of drug-likeness (QED) is 0.888. The molecule has 0 unspecified atom stereocenters. The first kappa shape index (κ1) is 16.6. The summed E-state index contributed by atoms with van der Waals surface area (Å²) >= 11 is 0. The van der Waals surface area contributed by atoms with E-state index in [1.807, 2.05) is 19.1 Å². The molecule has 3 rings (SSSR count). The molecule has 1 saturated carbocycles. The van der Waals surface area contributed by atoms with Crippen molar-refractivity contribution in [3.63, 3.8) is 0 Å². The van der Waals surface area contributed by atoms with Crippen molar-refractivity contribution in [3.05, 3.63) is 23.8 Å². The number of amides is 2. The third-order valence-electron chi connectivity index (χ3n) is 5.50. The average Bonchev–Trinajstić information content (AvgIpc) is 3.13. The van der Waals surface area contributed by atoms with E-state index >= 15 is 0 Å². The summed E-state index contributed by atoms with van der Waals surface area (Å²) in [6.45, 7) is 2.86. The van der Waals surface area contributed by atoms with Crippen molar-refractivity contribution >= 4 is 17.7 Å². The fourth-order valence-corrected chi connectivity index (χ4v) is 4.11. The van der Waals surface area contributed by atoms with Gasteiger partial charge >= 0.3 is 12.0 Å². The molecule has 6 heteroatoms. The summed E-state index contributed by atoms with van der Waals surface area (Å²) in [6, 6.07) is 5.35. The van der Waals surface area contributed by atoms with Gasteiger partial charge in [-0.3, -0.25) is 4.79 Å². The molecule has 1 aromatic rings. The maximum atomic E-state index is 12.5. The lowest BCUT2D eigenvalue weighted by molar-refractivity contribution is -0.149. The van der Waals surface area contributed by atoms with Gasteiger partial charge in [0.25, 0.3) is 0 Å². The van der Waals surface area contributed by atoms with E-state index in [0.717, 1.165) is 30.6 Å². The van der Waals surface area contributed by atoms with E-state index in [0.29, 0.717) is 25.2 Å². The van der Waals surface area contributed by atoms with Crippen molar-refractivity contribution in [3.8, 4) is 5.75 Å². The Morgan fingerprint density at radius 2 is 2.25 bits per heavy atom. The predicted molar refractivity (Wildman–Crippen MR) is 90.4 cm³/mol. The second kappa shape index (κ2) is 6.34. The fraction of sp³-hybridized carbons (Fsp3) is 0.556. The number of anilines is 1. The molecule has 2 N–H and O–H groups in total. The van der Waals surface area contributed by atoms with Gasteiger partial charge in [-0.05, 0) is 36.8 Å². The number of aliphatic carboxylic acids is 1. The van der Waals surface area contributed by atoms with Crippen LogP contribution in [-0.2, 0) is 11.2 Å². The van der Waals surface area contributed by atoms with E-state index in [1.165, 1.54) is 0 Å². The summed E-state index contributed by atoms with van der Waals surface area (Å²) in [7, 11) is 1.61. The zero-order chi connectivity index (χ0) is 17.3. The third-order valence-corrected chi connectivity index (χ3v) is 5.50. The topological polar surface area (TPSA) is 78.9 Å². The maximum absolute atomic E-state index is 12.5. The molecule has 1 saturated heterocycles. The number of nitrogens with zero attached hydrogens (tertiary/aromatic N) is 1. The summed E-state index contributed by atoms with van der Waals surface area (Å²) in [5.41, 5.74) is 0.993. The van der Waals surface area contributed by atoms with Crippen molar-refractivity contribution in [2.24, 2.45) is 11.3 Å². The zero-order valence-electron chi connectivity index (χ0n) is 14.2. The van der Waals surface area contributed by atoms with Crippen LogP contribution in [0.3, 0.4) is 0 Å². The molecule has 2 amide bonds. The number of ether oxygens (including phenoxy) is 1. The van der Waals surface area contributed by atoms with Crippen molar-refractivity contribution in [1.29, 1.82) is 0 Å². The molecule has 1 heterocycles. The average molecular weight is 332 g/mol. The van der Waals surface area contributed by atoms with Gasteiger partial charge in [-0.25, -0.2) is 4.79 Å². The van der Waals surface area contributed by atoms with E-state index < -0.39 is 11.4 Å². The Kier molecular flexibility index (Phi) is 4.39. The molecular formula is C18H24N2O4. The van der Waals surface area contributed by atoms with Crippen LogP contribution >= 0.6 is 0 Å². The Morgan fingerprint density at radius 1 is 1.46 bits per heavy atom. The highest BCUT2D eigenvalue weighted by Crippen LogP contribution is 2.48. The molecule has 6 nitrogen and oxygen atoms in total. The normalized spacial score (nSPS) is 25.4. The van der Waals surface area contributed by atoms with Gasteiger partial charge in [0.1, 0.15) is 5.75 Å². The Hall–Kier alpha value is -2.24. The second-order valence-electron chi connectivity index (χ2n) is 6.74. The molecule has 1 aliphatic carbocycles. The van der Waals surface area contributed by atoms with Gasteiger partial charge in [-0.2, -0.15) is 0 Å². The minimum atomic E-state index is -0.769. The van der Waals surface area contributed by atoms with Crippen LogP contribution in [-0.4, -0.2) is 42.2 Å². The van der Waals surface area contributed by atoms with Crippen LogP contribution in [0, 0.1) is 11.3 Å². The number of hydrogen-bond acceptors (Lipinski definition) is 3. The monoisotopic (exact) mass is 332 g/mol. The lowest BCUT2D eigenvalue weighted by Crippen LogP contribution is -2.38. The zero-order valence-corrected chi connectivity index (χ0v) is 14.2. The standard InChI is InChI=1S/C18H24N2O4/c1-3-12-6-7-14(9-15(12)24-2)19-17(23)20-10-13-5-4-8-18(13,11-20)16(21)22/h6-7,9,13H,3-5,8,10-11H2,1-2H3,(H,19,23)(H,21,22)/t13-,18+/m0/s1. The van der Waals surface area contributed by atoms with Gasteiger partial charge in [0.15, 0.2) is 0 Å². The number of benzene rings is 1. The number of carboxylic acid groups (broad SMARTS) is 1. The number of urea groups is 1. The Bertz CT molecular complexity index is 660. The molecule has 2 atom stereocenters. The number of nitrogens with one attached hydrogen (secondary N) is 1. The van der Waals surface area contributed by atoms with Gasteiger partial charge < -0.3 is 20.1 Å². The first-order chi connectivity index (χ1) is 11.5. The molecule has 0 bridgehead atoms. The molecule has 2 fully saturated rings. The van der Waals surface area contributed by atoms with Crippen LogP contribution in [0.5, 0.6) is 5.75 Å². The van der Waals surface area contributed by atoms with Crippen LogP contribution in [0.1, 0.15) is 31.7 Å². The number of methoxy groups -OCH3 is 1. The minimum Gasteiger partial charge on any atom is -0.496 e. The minimum absolute atomic E-state index is 0.0674. The maximum Gasteiger partial charge on any atom is 0.321 e. The van der Waals surface area contributed by atoms with Crippen molar-refractivity contribution in [2.45, 2.75) is 32.6 Å². The number of carboxylic acids is 1. The molecule has 1 aromatic carbocycles. The lowest BCUT2D eigenvalue weighted by Gasteiger charge is -2.23. The fourth-order valence-electron chi connectivity index (χ4n) is 4.11. The molecule has 0 aromatic heterocycles. The number of likely N-dealkylation sites (tertiary alicyclic amines) is 1. The lowest BCUT2D eigenvalue weighted by atomic mass is 9.81. The van der Waals surface area contributed by atoms with Gasteiger partial charge in [-0.1, -0.05) is 19.4 Å². The summed E-state index contributed by atoms with van der Waals surface area (Å²) in [5.74, 6) is 0.0441. The Labute approximate surface area is 141 Å². The van der Waals surface area contributed by atoms with Gasteiger partial charge in [0, 0.05) is 24.8 Å². The van der Waals surface area contributed by atoms with E-state index in [-0.39, 0.29) is 11.9 Å². The van der Waals surface area contributed by atoms with E-state index in [4.69, 9.17) is 4.74 Å². The summed E-state index contributed by atoms with van der Waals surface area (Å²) in [6.07, 6.45) is 3.33. The number of carbonyl (C=O) groups excluding carboxylic acids is 1. The predicted octanol–water partition coefficient (Wildman–Crippen LogP) is 2.98. The summed E-state index contributed by atoms with van der Waals surface area (Å²) in [4.78, 5) is 25.9. The summed E-state index contributed by atoms with van der Waals surface area (Å²) in [5, 5.41) is 12.5. The molecule has 1 aliphatic heterocycles. The molecule has 24 heavy (non-hydrogen) atoms. The molecule has 0 spiro atoms. The van der Waals surface area contributed by atoms with Crippen molar-refractivity contribution in [1.82, 2.24) is 4.90 Å². The number of aryl methyl sites for hydroxylation is 1. The number of carbonyl (C=O) groups is 2. The van der Waals surface area contributed by atoms with Gasteiger partial charge in [-0.15, -0.1) is 0 Å².